The molecular weight excluding hydrogens is 269 g/mol. The van der Waals surface area contributed by atoms with E-state index >= 15 is 0 Å². The van der Waals surface area contributed by atoms with Gasteiger partial charge in [0.25, 0.3) is 0 Å². The standard InChI is InChI=1S/C13H8FNO3S/c14-11-5-3-6-12(8-11)19(16,17)18-13-7-2-1-4-10(13)9-15/h1-8H. The van der Waals surface area contributed by atoms with E-state index in [-0.39, 0.29) is 16.2 Å². The van der Waals surface area contributed by atoms with Gasteiger partial charge in [0.05, 0.1) is 5.56 Å². The van der Waals surface area contributed by atoms with E-state index in [0.717, 1.165) is 12.1 Å². The average molecular weight is 277 g/mol. The lowest BCUT2D eigenvalue weighted by molar-refractivity contribution is 0.484. The van der Waals surface area contributed by atoms with Crippen molar-refractivity contribution in [2.45, 2.75) is 4.90 Å². The van der Waals surface area contributed by atoms with Crippen LogP contribution in [0.25, 0.3) is 0 Å². The summed E-state index contributed by atoms with van der Waals surface area (Å²) in [5, 5.41) is 8.85. The fourth-order valence-corrected chi connectivity index (χ4v) is 2.40. The van der Waals surface area contributed by atoms with Crippen LogP contribution in [0.2, 0.25) is 0 Å². The van der Waals surface area contributed by atoms with Gasteiger partial charge in [-0.15, -0.1) is 0 Å². The lowest BCUT2D eigenvalue weighted by atomic mass is 10.2. The molecule has 0 N–H and O–H groups in total. The first-order valence-electron chi connectivity index (χ1n) is 5.22. The normalized spacial score (nSPS) is 10.7. The number of hydrogen-bond acceptors (Lipinski definition) is 4. The highest BCUT2D eigenvalue weighted by Crippen LogP contribution is 2.22. The third-order valence-electron chi connectivity index (χ3n) is 2.29. The molecule has 4 nitrogen and oxygen atoms in total. The minimum absolute atomic E-state index is 0.0856. The Hall–Kier alpha value is -2.39. The first-order valence-corrected chi connectivity index (χ1v) is 6.63. The summed E-state index contributed by atoms with van der Waals surface area (Å²) in [6.45, 7) is 0. The molecule has 19 heavy (non-hydrogen) atoms. The van der Waals surface area contributed by atoms with Crippen molar-refractivity contribution in [1.29, 1.82) is 5.26 Å². The van der Waals surface area contributed by atoms with Gasteiger partial charge in [0.15, 0.2) is 5.75 Å². The second-order valence-electron chi connectivity index (χ2n) is 3.60. The lowest BCUT2D eigenvalue weighted by Crippen LogP contribution is -2.10. The van der Waals surface area contributed by atoms with Gasteiger partial charge in [-0.2, -0.15) is 13.7 Å². The minimum atomic E-state index is -4.16. The van der Waals surface area contributed by atoms with Gasteiger partial charge in [-0.3, -0.25) is 0 Å². The summed E-state index contributed by atoms with van der Waals surface area (Å²) in [7, 11) is -4.16. The number of para-hydroxylation sites is 1. The van der Waals surface area contributed by atoms with Crippen LogP contribution < -0.4 is 4.18 Å². The third kappa shape index (κ3) is 2.89. The van der Waals surface area contributed by atoms with E-state index in [2.05, 4.69) is 0 Å². The summed E-state index contributed by atoms with van der Waals surface area (Å²) in [6.07, 6.45) is 0. The zero-order valence-corrected chi connectivity index (χ0v) is 10.4. The summed E-state index contributed by atoms with van der Waals surface area (Å²) in [5.41, 5.74) is 0.0856. The van der Waals surface area contributed by atoms with Crippen LogP contribution in [0.1, 0.15) is 5.56 Å². The van der Waals surface area contributed by atoms with E-state index in [4.69, 9.17) is 9.44 Å². The highest BCUT2D eigenvalue weighted by Gasteiger charge is 2.18. The topological polar surface area (TPSA) is 67.2 Å². The molecule has 0 aliphatic carbocycles. The van der Waals surface area contributed by atoms with Crippen molar-refractivity contribution in [1.82, 2.24) is 0 Å². The Kier molecular flexibility index (Phi) is 3.49. The summed E-state index contributed by atoms with van der Waals surface area (Å²) in [5.74, 6) is -0.771. The van der Waals surface area contributed by atoms with Crippen LogP contribution >= 0.6 is 0 Å². The molecule has 2 aromatic rings. The van der Waals surface area contributed by atoms with Crippen LogP contribution in [-0.2, 0) is 10.1 Å². The molecule has 0 aliphatic heterocycles. The molecule has 0 aromatic heterocycles. The number of nitriles is 1. The molecule has 0 aliphatic rings. The number of benzene rings is 2. The maximum absolute atomic E-state index is 13.0. The average Bonchev–Trinajstić information content (AvgIpc) is 2.39. The molecule has 0 fully saturated rings. The van der Waals surface area contributed by atoms with E-state index in [1.54, 1.807) is 6.07 Å². The van der Waals surface area contributed by atoms with E-state index in [1.165, 1.54) is 30.3 Å². The molecule has 0 atom stereocenters. The maximum atomic E-state index is 13.0. The fourth-order valence-electron chi connectivity index (χ4n) is 1.42. The van der Waals surface area contributed by atoms with Gasteiger partial charge < -0.3 is 4.18 Å². The van der Waals surface area contributed by atoms with Gasteiger partial charge in [-0.25, -0.2) is 4.39 Å². The van der Waals surface area contributed by atoms with Crippen molar-refractivity contribution < 1.29 is 17.0 Å². The summed E-state index contributed by atoms with van der Waals surface area (Å²) in [6, 6.07) is 12.2. The molecular formula is C13H8FNO3S. The predicted molar refractivity (Wildman–Crippen MR) is 65.4 cm³/mol. The molecule has 0 amide bonds. The zero-order valence-electron chi connectivity index (χ0n) is 9.58. The second kappa shape index (κ2) is 5.08. The Bertz CT molecular complexity index is 750. The van der Waals surface area contributed by atoms with E-state index < -0.39 is 15.9 Å². The SMILES string of the molecule is N#Cc1ccccc1OS(=O)(=O)c1cccc(F)c1. The minimum Gasteiger partial charge on any atom is -0.378 e. The van der Waals surface area contributed by atoms with E-state index in [0.29, 0.717) is 0 Å². The number of hydrogen-bond donors (Lipinski definition) is 0. The number of rotatable bonds is 3. The van der Waals surface area contributed by atoms with Crippen molar-refractivity contribution in [3.8, 4) is 11.8 Å². The zero-order chi connectivity index (χ0) is 13.9. The van der Waals surface area contributed by atoms with Crippen LogP contribution in [-0.4, -0.2) is 8.42 Å². The second-order valence-corrected chi connectivity index (χ2v) is 5.15. The van der Waals surface area contributed by atoms with Crippen LogP contribution in [0.5, 0.6) is 5.75 Å². The quantitative estimate of drug-likeness (QED) is 0.808. The number of nitrogens with zero attached hydrogens (tertiary/aromatic N) is 1. The largest absolute Gasteiger partial charge is 0.378 e. The van der Waals surface area contributed by atoms with Crippen molar-refractivity contribution >= 4 is 10.1 Å². The smallest absolute Gasteiger partial charge is 0.339 e. The van der Waals surface area contributed by atoms with Crippen molar-refractivity contribution in [3.05, 3.63) is 59.9 Å². The van der Waals surface area contributed by atoms with E-state index in [9.17, 15) is 12.8 Å². The lowest BCUT2D eigenvalue weighted by Gasteiger charge is -2.07. The molecule has 2 aromatic carbocycles. The highest BCUT2D eigenvalue weighted by molar-refractivity contribution is 7.87. The van der Waals surface area contributed by atoms with Crippen molar-refractivity contribution in [3.63, 3.8) is 0 Å². The Labute approximate surface area is 109 Å². The predicted octanol–water partition coefficient (Wildman–Crippen LogP) is 2.47. The van der Waals surface area contributed by atoms with Gasteiger partial charge in [-0.05, 0) is 30.3 Å². The Morgan fingerprint density at radius 2 is 1.84 bits per heavy atom. The fraction of sp³-hybridized carbons (Fsp3) is 0. The van der Waals surface area contributed by atoms with Gasteiger partial charge >= 0.3 is 10.1 Å². The molecule has 0 heterocycles. The first kappa shape index (κ1) is 13.1. The molecule has 0 radical (unpaired) electrons. The summed E-state index contributed by atoms with van der Waals surface area (Å²) < 4.78 is 41.7. The Morgan fingerprint density at radius 1 is 1.11 bits per heavy atom. The monoisotopic (exact) mass is 277 g/mol. The molecule has 0 saturated heterocycles. The molecule has 2 rings (SSSR count). The van der Waals surface area contributed by atoms with Crippen molar-refractivity contribution in [2.24, 2.45) is 0 Å². The maximum Gasteiger partial charge on any atom is 0.339 e. The third-order valence-corrected chi connectivity index (χ3v) is 3.52. The van der Waals surface area contributed by atoms with Crippen LogP contribution in [0.4, 0.5) is 4.39 Å². The van der Waals surface area contributed by atoms with E-state index in [1.807, 2.05) is 6.07 Å². The summed E-state index contributed by atoms with van der Waals surface area (Å²) in [4.78, 5) is -0.305. The molecule has 0 bridgehead atoms. The first-order chi connectivity index (χ1) is 9.03. The molecule has 96 valence electrons. The number of halogens is 1. The van der Waals surface area contributed by atoms with Crippen molar-refractivity contribution in [2.75, 3.05) is 0 Å². The van der Waals surface area contributed by atoms with Crippen LogP contribution in [0.3, 0.4) is 0 Å². The van der Waals surface area contributed by atoms with Gasteiger partial charge in [0.1, 0.15) is 16.8 Å². The van der Waals surface area contributed by atoms with Gasteiger partial charge in [0.2, 0.25) is 0 Å². The van der Waals surface area contributed by atoms with Crippen LogP contribution in [0.15, 0.2) is 53.4 Å². The van der Waals surface area contributed by atoms with Crippen LogP contribution in [0, 0.1) is 17.1 Å². The Balaban J connectivity index is 2.40. The van der Waals surface area contributed by atoms with Gasteiger partial charge in [0, 0.05) is 0 Å². The molecule has 0 spiro atoms. The Morgan fingerprint density at radius 3 is 2.53 bits per heavy atom. The molecule has 0 saturated carbocycles. The molecule has 6 heteroatoms. The summed E-state index contributed by atoms with van der Waals surface area (Å²) >= 11 is 0. The molecule has 0 unspecified atom stereocenters. The van der Waals surface area contributed by atoms with Gasteiger partial charge in [-0.1, -0.05) is 18.2 Å². The highest BCUT2D eigenvalue weighted by atomic mass is 32.2.